The smallest absolute Gasteiger partial charge is 0.322 e. The van der Waals surface area contributed by atoms with Crippen molar-refractivity contribution in [2.75, 3.05) is 12.0 Å². The molecular weight excluding hydrogens is 595 g/mol. The summed E-state index contributed by atoms with van der Waals surface area (Å²) < 4.78 is 4.62. The fourth-order valence-corrected chi connectivity index (χ4v) is 4.20. The average molecular weight is 614 g/mol. The summed E-state index contributed by atoms with van der Waals surface area (Å²) in [5, 5.41) is 0.171. The van der Waals surface area contributed by atoms with Crippen LogP contribution < -0.4 is 10.6 Å². The Morgan fingerprint density at radius 1 is 0.861 bits per heavy atom. The van der Waals surface area contributed by atoms with E-state index in [1.807, 2.05) is 0 Å². The van der Waals surface area contributed by atoms with E-state index < -0.39 is 23.8 Å². The van der Waals surface area contributed by atoms with Gasteiger partial charge in [0.2, 0.25) is 0 Å². The summed E-state index contributed by atoms with van der Waals surface area (Å²) in [6, 6.07) is 11.1. The first-order valence-corrected chi connectivity index (χ1v) is 11.2. The monoisotopic (exact) mass is 611 g/mol. The number of hydrogen-bond acceptors (Lipinski definition) is 6. The van der Waals surface area contributed by atoms with Gasteiger partial charge in [0.15, 0.2) is 0 Å². The van der Waals surface area contributed by atoms with Crippen molar-refractivity contribution in [1.29, 1.82) is 0 Å². The minimum atomic E-state index is -0.902. The van der Waals surface area contributed by atoms with Crippen LogP contribution in [0.4, 0.5) is 5.82 Å². The van der Waals surface area contributed by atoms with Crippen LogP contribution in [0.3, 0.4) is 0 Å². The number of amides is 2. The van der Waals surface area contributed by atoms with Crippen molar-refractivity contribution in [3.63, 3.8) is 0 Å². The summed E-state index contributed by atoms with van der Waals surface area (Å²) in [5.74, 6) is -2.29. The lowest BCUT2D eigenvalue weighted by Crippen LogP contribution is -2.38. The highest BCUT2D eigenvalue weighted by molar-refractivity contribution is 6.45. The fourth-order valence-electron chi connectivity index (χ4n) is 3.09. The van der Waals surface area contributed by atoms with Gasteiger partial charge < -0.3 is 10.5 Å². The molecular formula is C23H19Cl6N3O4. The molecule has 36 heavy (non-hydrogen) atoms. The van der Waals surface area contributed by atoms with Crippen molar-refractivity contribution < 1.29 is 19.1 Å². The second-order valence-electron chi connectivity index (χ2n) is 7.00. The first kappa shape index (κ1) is 31.9. The number of methoxy groups -OCH3 is 1. The van der Waals surface area contributed by atoms with E-state index in [4.69, 9.17) is 52.1 Å². The van der Waals surface area contributed by atoms with Crippen molar-refractivity contribution in [2.24, 2.45) is 5.73 Å². The number of carbonyl (C=O) groups excluding carboxylic acids is 3. The maximum atomic E-state index is 13.5. The Morgan fingerprint density at radius 2 is 1.31 bits per heavy atom. The predicted octanol–water partition coefficient (Wildman–Crippen LogP) is 6.07. The molecule has 0 radical (unpaired) electrons. The van der Waals surface area contributed by atoms with E-state index in [2.05, 4.69) is 9.72 Å². The lowest BCUT2D eigenvalue weighted by atomic mass is 10.1. The number of hydrogen-bond donors (Lipinski definition) is 1. The van der Waals surface area contributed by atoms with E-state index in [9.17, 15) is 14.4 Å². The van der Waals surface area contributed by atoms with Crippen LogP contribution in [0, 0.1) is 0 Å². The normalized spacial score (nSPS) is 10.9. The molecule has 0 aliphatic heterocycles. The Kier molecular flexibility index (Phi) is 12.4. The summed E-state index contributed by atoms with van der Waals surface area (Å²) in [7, 11) is 1.23. The van der Waals surface area contributed by atoms with Crippen LogP contribution in [-0.2, 0) is 16.0 Å². The van der Waals surface area contributed by atoms with E-state index in [1.165, 1.54) is 43.6 Å². The third-order valence-corrected chi connectivity index (χ3v) is 6.02. The maximum Gasteiger partial charge on any atom is 0.322 e. The van der Waals surface area contributed by atoms with E-state index in [-0.39, 0.29) is 68.3 Å². The second kappa shape index (κ2) is 14.0. The molecule has 0 aliphatic rings. The number of aromatic nitrogens is 1. The van der Waals surface area contributed by atoms with Crippen LogP contribution in [-0.4, -0.2) is 35.9 Å². The molecule has 2 N–H and O–H groups in total. The Bertz CT molecular complexity index is 1150. The minimum Gasteiger partial charge on any atom is -0.468 e. The molecule has 0 spiro atoms. The van der Waals surface area contributed by atoms with Crippen molar-refractivity contribution in [2.45, 2.75) is 12.5 Å². The number of anilines is 1. The number of rotatable bonds is 6. The van der Waals surface area contributed by atoms with Gasteiger partial charge in [0.05, 0.1) is 38.3 Å². The zero-order valence-electron chi connectivity index (χ0n) is 18.4. The van der Waals surface area contributed by atoms with E-state index in [0.29, 0.717) is 5.56 Å². The van der Waals surface area contributed by atoms with Gasteiger partial charge in [-0.1, -0.05) is 64.6 Å². The number of ether oxygens (including phenoxy) is 1. The number of nitrogens with two attached hydrogens (primary N) is 1. The van der Waals surface area contributed by atoms with Crippen molar-refractivity contribution >= 4 is 94.8 Å². The van der Waals surface area contributed by atoms with Gasteiger partial charge in [-0.05, 0) is 42.3 Å². The molecule has 13 heteroatoms. The lowest BCUT2D eigenvalue weighted by Gasteiger charge is -2.22. The SMILES string of the molecule is COC(=O)[C@@H](N)Cc1ccc(N(C(=O)c2c(Cl)cccc2Cl)C(=O)c2c(Cl)cccc2Cl)nc1.Cl.Cl. The zero-order chi connectivity index (χ0) is 25.0. The molecule has 1 heterocycles. The highest BCUT2D eigenvalue weighted by atomic mass is 35.5. The summed E-state index contributed by atoms with van der Waals surface area (Å²) in [4.78, 5) is 43.7. The van der Waals surface area contributed by atoms with Crippen molar-refractivity contribution in [3.8, 4) is 0 Å². The Labute approximate surface area is 239 Å². The molecule has 0 fully saturated rings. The summed E-state index contributed by atoms with van der Waals surface area (Å²) in [6.07, 6.45) is 1.52. The van der Waals surface area contributed by atoms with E-state index >= 15 is 0 Å². The van der Waals surface area contributed by atoms with E-state index in [1.54, 1.807) is 18.2 Å². The predicted molar refractivity (Wildman–Crippen MR) is 146 cm³/mol. The van der Waals surface area contributed by atoms with Gasteiger partial charge in [-0.25, -0.2) is 9.88 Å². The fraction of sp³-hybridized carbons (Fsp3) is 0.130. The molecule has 7 nitrogen and oxygen atoms in total. The summed E-state index contributed by atoms with van der Waals surface area (Å²) in [6.45, 7) is 0. The number of benzene rings is 2. The summed E-state index contributed by atoms with van der Waals surface area (Å²) in [5.41, 5.74) is 6.18. The highest BCUT2D eigenvalue weighted by Crippen LogP contribution is 2.31. The van der Waals surface area contributed by atoms with E-state index in [0.717, 1.165) is 4.90 Å². The lowest BCUT2D eigenvalue weighted by molar-refractivity contribution is -0.142. The van der Waals surface area contributed by atoms with Crippen LogP contribution in [0.15, 0.2) is 54.7 Å². The molecule has 0 saturated heterocycles. The molecule has 192 valence electrons. The number of pyridine rings is 1. The molecule has 0 unspecified atom stereocenters. The number of halogens is 6. The van der Waals surface area contributed by atoms with Gasteiger partial charge >= 0.3 is 5.97 Å². The number of carbonyl (C=O) groups is 3. The van der Waals surface area contributed by atoms with Crippen LogP contribution in [0.25, 0.3) is 0 Å². The minimum absolute atomic E-state index is 0. The van der Waals surface area contributed by atoms with Crippen molar-refractivity contribution in [1.82, 2.24) is 4.98 Å². The number of esters is 1. The van der Waals surface area contributed by atoms with Gasteiger partial charge in [-0.3, -0.25) is 14.4 Å². The van der Waals surface area contributed by atoms with Crippen molar-refractivity contribution in [3.05, 3.63) is 91.5 Å². The average Bonchev–Trinajstić information content (AvgIpc) is 2.79. The highest BCUT2D eigenvalue weighted by Gasteiger charge is 2.32. The molecule has 2 amide bonds. The molecule has 2 aromatic carbocycles. The van der Waals surface area contributed by atoms with Crippen LogP contribution >= 0.6 is 71.2 Å². The Morgan fingerprint density at radius 3 is 1.67 bits per heavy atom. The first-order chi connectivity index (χ1) is 16.1. The Hall–Kier alpha value is -2.10. The Balaban J connectivity index is 0.00000324. The molecule has 0 saturated carbocycles. The van der Waals surface area contributed by atoms with Crippen LogP contribution in [0.1, 0.15) is 26.3 Å². The van der Waals surface area contributed by atoms with Gasteiger partial charge in [-0.2, -0.15) is 0 Å². The molecule has 1 aromatic heterocycles. The van der Waals surface area contributed by atoms with Gasteiger partial charge in [0.25, 0.3) is 11.8 Å². The standard InChI is InChI=1S/C23H17Cl4N3O4.2ClH/c1-34-23(33)17(28)10-12-8-9-18(29-11-12)30(21(31)19-13(24)4-2-5-14(19)25)22(32)20-15(26)6-3-7-16(20)27;;/h2-9,11,17H,10,28H2,1H3;2*1H/t17-;;/m0../s1. The van der Waals surface area contributed by atoms with Gasteiger partial charge in [0, 0.05) is 6.20 Å². The number of nitrogens with zero attached hydrogens (tertiary/aromatic N) is 2. The topological polar surface area (TPSA) is 103 Å². The third kappa shape index (κ3) is 7.01. The van der Waals surface area contributed by atoms with Crippen LogP contribution in [0.5, 0.6) is 0 Å². The number of imide groups is 1. The first-order valence-electron chi connectivity index (χ1n) is 9.70. The van der Waals surface area contributed by atoms with Gasteiger partial charge in [-0.15, -0.1) is 24.8 Å². The maximum absolute atomic E-state index is 13.5. The summed E-state index contributed by atoms with van der Waals surface area (Å²) >= 11 is 24.9. The van der Waals surface area contributed by atoms with Gasteiger partial charge in [0.1, 0.15) is 11.9 Å². The molecule has 3 rings (SSSR count). The molecule has 1 atom stereocenters. The zero-order valence-corrected chi connectivity index (χ0v) is 23.1. The second-order valence-corrected chi connectivity index (χ2v) is 8.63. The molecule has 0 bridgehead atoms. The quantitative estimate of drug-likeness (QED) is 0.267. The third-order valence-electron chi connectivity index (χ3n) is 4.76. The largest absolute Gasteiger partial charge is 0.468 e. The molecule has 0 aliphatic carbocycles. The molecule has 3 aromatic rings. The van der Waals surface area contributed by atoms with Crippen LogP contribution in [0.2, 0.25) is 20.1 Å².